The quantitative estimate of drug-likeness (QED) is 0.0568. The van der Waals surface area contributed by atoms with E-state index in [9.17, 15) is 24.0 Å². The fourth-order valence-electron chi connectivity index (χ4n) is 10.6. The van der Waals surface area contributed by atoms with Gasteiger partial charge in [0.05, 0.1) is 22.7 Å². The summed E-state index contributed by atoms with van der Waals surface area (Å²) in [5.41, 5.74) is 5.55. The van der Waals surface area contributed by atoms with Crippen LogP contribution in [-0.2, 0) is 36.9 Å². The zero-order valence-electron chi connectivity index (χ0n) is 42.5. The monoisotopic (exact) mass is 1060 g/mol. The molecule has 4 aliphatic heterocycles. The smallest absolute Gasteiger partial charge is 0.255 e. The number of imide groups is 1. The van der Waals surface area contributed by atoms with Gasteiger partial charge in [0, 0.05) is 110 Å². The van der Waals surface area contributed by atoms with Crippen molar-refractivity contribution in [2.75, 3.05) is 45.8 Å². The SMILES string of the molecule is Cc1cc(Cl)cc(-c2ccnc3cc(CN4C(=O)CCC4=O)sc23)c1OC1CCN(CCCNC(=O)CCCCNC(=O)CCc2ccc3c(c2)OC2(CCN(C(=O)[C@H](c4ccc(Cl)cc4)C(C)C)CC2)O3)CC1. The van der Waals surface area contributed by atoms with E-state index < -0.39 is 5.79 Å². The van der Waals surface area contributed by atoms with Crippen LogP contribution in [-0.4, -0.2) is 107 Å². The van der Waals surface area contributed by atoms with Gasteiger partial charge in [0.2, 0.25) is 29.5 Å². The molecule has 1 spiro atoms. The van der Waals surface area contributed by atoms with Crippen LogP contribution in [0.3, 0.4) is 0 Å². The highest BCUT2D eigenvalue weighted by Crippen LogP contribution is 2.46. The Labute approximate surface area is 447 Å². The first-order chi connectivity index (χ1) is 35.7. The number of nitrogens with one attached hydrogen (secondary N) is 2. The minimum Gasteiger partial charge on any atom is -0.489 e. The van der Waals surface area contributed by atoms with Gasteiger partial charge in [-0.15, -0.1) is 11.3 Å². The highest BCUT2D eigenvalue weighted by atomic mass is 35.5. The lowest BCUT2D eigenvalue weighted by molar-refractivity contribution is -0.148. The molecule has 3 aromatic carbocycles. The molecule has 3 saturated heterocycles. The molecular weight excluding hydrogens is 1000 g/mol. The van der Waals surface area contributed by atoms with Crippen molar-refractivity contribution in [3.8, 4) is 28.4 Å². The summed E-state index contributed by atoms with van der Waals surface area (Å²) >= 11 is 14.3. The van der Waals surface area contributed by atoms with Crippen molar-refractivity contribution >= 4 is 74.3 Å². The van der Waals surface area contributed by atoms with Crippen LogP contribution >= 0.6 is 34.5 Å². The maximum Gasteiger partial charge on any atom is 0.255 e. The fraction of sp³-hybridized carbons (Fsp3) is 0.474. The van der Waals surface area contributed by atoms with Gasteiger partial charge in [0.15, 0.2) is 11.5 Å². The second kappa shape index (κ2) is 23.9. The molecule has 6 heterocycles. The molecule has 392 valence electrons. The van der Waals surface area contributed by atoms with E-state index in [1.165, 1.54) is 16.2 Å². The zero-order chi connectivity index (χ0) is 51.9. The number of likely N-dealkylation sites (tertiary alicyclic amines) is 3. The van der Waals surface area contributed by atoms with Gasteiger partial charge in [0.1, 0.15) is 11.9 Å². The average molecular weight is 1070 g/mol. The predicted octanol–water partition coefficient (Wildman–Crippen LogP) is 10.0. The molecular formula is C57H66Cl2N6O8S. The maximum absolute atomic E-state index is 13.7. The number of amides is 5. The summed E-state index contributed by atoms with van der Waals surface area (Å²) < 4.78 is 20.5. The number of hydrogen-bond acceptors (Lipinski definition) is 11. The van der Waals surface area contributed by atoms with Crippen LogP contribution < -0.4 is 24.8 Å². The molecule has 0 saturated carbocycles. The average Bonchev–Trinajstić information content (AvgIpc) is 4.07. The third-order valence-corrected chi connectivity index (χ3v) is 16.3. The molecule has 0 unspecified atom stereocenters. The Morgan fingerprint density at radius 2 is 1.51 bits per heavy atom. The number of aryl methyl sites for hydroxylation is 2. The van der Waals surface area contributed by atoms with Gasteiger partial charge in [-0.05, 0) is 123 Å². The molecule has 9 rings (SSSR count). The molecule has 14 nitrogen and oxygen atoms in total. The normalized spacial score (nSPS) is 17.2. The summed E-state index contributed by atoms with van der Waals surface area (Å²) in [6.45, 7) is 11.3. The number of piperidine rings is 2. The van der Waals surface area contributed by atoms with Crippen molar-refractivity contribution in [1.82, 2.24) is 30.3 Å². The van der Waals surface area contributed by atoms with Crippen LogP contribution in [0.25, 0.3) is 21.3 Å². The topological polar surface area (TPSA) is 160 Å². The Hall–Kier alpha value is -5.74. The Balaban J connectivity index is 0.634. The van der Waals surface area contributed by atoms with Gasteiger partial charge >= 0.3 is 0 Å². The molecule has 0 aliphatic carbocycles. The van der Waals surface area contributed by atoms with Crippen LogP contribution in [0.2, 0.25) is 10.0 Å². The second-order valence-corrected chi connectivity index (χ2v) is 22.4. The first kappa shape index (κ1) is 53.1. The molecule has 2 aromatic heterocycles. The van der Waals surface area contributed by atoms with Crippen LogP contribution in [0.5, 0.6) is 17.2 Å². The number of nitrogens with zero attached hydrogens (tertiary/aromatic N) is 4. The minimum absolute atomic E-state index is 0.0252. The van der Waals surface area contributed by atoms with Crippen molar-refractivity contribution in [1.29, 1.82) is 0 Å². The van der Waals surface area contributed by atoms with Crippen molar-refractivity contribution in [2.45, 2.75) is 122 Å². The van der Waals surface area contributed by atoms with Gasteiger partial charge in [-0.1, -0.05) is 55.2 Å². The Morgan fingerprint density at radius 1 is 0.811 bits per heavy atom. The second-order valence-electron chi connectivity index (χ2n) is 20.4. The highest BCUT2D eigenvalue weighted by Gasteiger charge is 2.46. The molecule has 2 N–H and O–H groups in total. The molecule has 0 radical (unpaired) electrons. The molecule has 17 heteroatoms. The third-order valence-electron chi connectivity index (χ3n) is 14.6. The first-order valence-electron chi connectivity index (χ1n) is 26.2. The molecule has 0 bridgehead atoms. The highest BCUT2D eigenvalue weighted by molar-refractivity contribution is 7.19. The predicted molar refractivity (Wildman–Crippen MR) is 288 cm³/mol. The Bertz CT molecular complexity index is 2840. The summed E-state index contributed by atoms with van der Waals surface area (Å²) in [4.78, 5) is 74.9. The van der Waals surface area contributed by atoms with Crippen LogP contribution in [0.4, 0.5) is 0 Å². The number of carbonyl (C=O) groups excluding carboxylic acids is 5. The van der Waals surface area contributed by atoms with Crippen LogP contribution in [0, 0.1) is 12.8 Å². The van der Waals surface area contributed by atoms with Crippen LogP contribution in [0.1, 0.15) is 112 Å². The number of aromatic nitrogens is 1. The number of carbonyl (C=O) groups is 5. The Morgan fingerprint density at radius 3 is 2.24 bits per heavy atom. The van der Waals surface area contributed by atoms with Gasteiger partial charge in [-0.2, -0.15) is 0 Å². The summed E-state index contributed by atoms with van der Waals surface area (Å²) in [5, 5.41) is 7.33. The van der Waals surface area contributed by atoms with E-state index in [1.807, 2.05) is 78.6 Å². The van der Waals surface area contributed by atoms with E-state index in [0.717, 1.165) is 87.6 Å². The van der Waals surface area contributed by atoms with E-state index in [1.54, 1.807) is 6.20 Å². The minimum atomic E-state index is -0.805. The standard InChI is InChI=1S/C57H66Cl2N6O8S/c1-36(2)53(39-10-12-40(58)13-11-39)56(70)64-29-21-57(22-30-64)72-47-14-8-38(32-48(47)73-57)9-15-50(67)61-23-5-4-7-49(66)62-24-6-26-63-27-19-42(20-28-63)71-54-37(3)31-41(59)33-45(54)44-18-25-60-46-34-43(74-55(44)46)35-65-51(68)16-17-52(65)69/h8,10-14,18,25,31-34,36,42,53H,4-7,9,15-17,19-24,26-30,35H2,1-3H3,(H,61,67)(H,62,66)/t53-/m0/s1. The molecule has 74 heavy (non-hydrogen) atoms. The lowest BCUT2D eigenvalue weighted by Gasteiger charge is -2.39. The molecule has 1 atom stereocenters. The largest absolute Gasteiger partial charge is 0.489 e. The van der Waals surface area contributed by atoms with Crippen molar-refractivity contribution < 1.29 is 38.2 Å². The van der Waals surface area contributed by atoms with E-state index in [0.29, 0.717) is 92.7 Å². The number of rotatable bonds is 20. The van der Waals surface area contributed by atoms with Crippen molar-refractivity contribution in [3.63, 3.8) is 0 Å². The van der Waals surface area contributed by atoms with Crippen LogP contribution in [0.15, 0.2) is 72.9 Å². The number of unbranched alkanes of at least 4 members (excludes halogenated alkanes) is 1. The lowest BCUT2D eigenvalue weighted by Crippen LogP contribution is -2.52. The number of halogens is 2. The number of fused-ring (bicyclic) bond motifs is 2. The lowest BCUT2D eigenvalue weighted by atomic mass is 9.86. The van der Waals surface area contributed by atoms with Gasteiger partial charge < -0.3 is 34.6 Å². The fourth-order valence-corrected chi connectivity index (χ4v) is 12.1. The van der Waals surface area contributed by atoms with Crippen molar-refractivity contribution in [3.05, 3.63) is 105 Å². The van der Waals surface area contributed by atoms with E-state index in [4.69, 9.17) is 37.4 Å². The molecule has 5 amide bonds. The number of ether oxygens (including phenoxy) is 3. The number of thiophene rings is 1. The molecule has 4 aliphatic rings. The summed E-state index contributed by atoms with van der Waals surface area (Å²) in [7, 11) is 0. The first-order valence-corrected chi connectivity index (χ1v) is 27.8. The molecule has 3 fully saturated rings. The van der Waals surface area contributed by atoms with Gasteiger partial charge in [-0.25, -0.2) is 0 Å². The third kappa shape index (κ3) is 12.8. The zero-order valence-corrected chi connectivity index (χ0v) is 44.8. The number of benzene rings is 3. The Kier molecular flexibility index (Phi) is 17.1. The van der Waals surface area contributed by atoms with E-state index in [-0.39, 0.29) is 66.9 Å². The summed E-state index contributed by atoms with van der Waals surface area (Å²) in [6, 6.07) is 21.2. The number of hydrogen-bond donors (Lipinski definition) is 2. The van der Waals surface area contributed by atoms with Gasteiger partial charge in [-0.3, -0.25) is 33.9 Å². The summed E-state index contributed by atoms with van der Waals surface area (Å²) in [5.74, 6) is 1.05. The molecule has 5 aromatic rings. The maximum atomic E-state index is 13.7. The van der Waals surface area contributed by atoms with Crippen molar-refractivity contribution in [2.24, 2.45) is 5.92 Å². The van der Waals surface area contributed by atoms with E-state index >= 15 is 0 Å². The van der Waals surface area contributed by atoms with Gasteiger partial charge in [0.25, 0.3) is 5.79 Å². The number of pyridine rings is 1. The summed E-state index contributed by atoms with van der Waals surface area (Å²) in [6.07, 6.45) is 8.75. The van der Waals surface area contributed by atoms with E-state index in [2.05, 4.69) is 34.4 Å².